The second kappa shape index (κ2) is 6.05. The van der Waals surface area contributed by atoms with E-state index in [-0.39, 0.29) is 5.88 Å². The van der Waals surface area contributed by atoms with Crippen LogP contribution < -0.4 is 0 Å². The average Bonchev–Trinajstić information content (AvgIpc) is 3.43. The first-order valence-electron chi connectivity index (χ1n) is 7.97. The summed E-state index contributed by atoms with van der Waals surface area (Å²) in [5, 5.41) is 12.2. The van der Waals surface area contributed by atoms with Gasteiger partial charge in [-0.15, -0.1) is 34.0 Å². The van der Waals surface area contributed by atoms with Crippen molar-refractivity contribution in [2.45, 2.75) is 6.92 Å². The van der Waals surface area contributed by atoms with Crippen molar-refractivity contribution in [2.75, 3.05) is 0 Å². The Bertz CT molecular complexity index is 1210. The van der Waals surface area contributed by atoms with Crippen molar-refractivity contribution >= 4 is 39.7 Å². The number of hydrogen-bond donors (Lipinski definition) is 1. The van der Waals surface area contributed by atoms with Crippen molar-refractivity contribution in [3.8, 4) is 36.0 Å². The van der Waals surface area contributed by atoms with Crippen LogP contribution in [-0.4, -0.2) is 19.5 Å². The number of thiophene rings is 3. The maximum Gasteiger partial charge on any atom is 0.219 e. The first kappa shape index (κ1) is 15.7. The van der Waals surface area contributed by atoms with E-state index in [9.17, 15) is 5.11 Å². The molecule has 0 atom stereocenters. The van der Waals surface area contributed by atoms with Crippen molar-refractivity contribution in [1.82, 2.24) is 14.4 Å². The normalized spacial score (nSPS) is 11.4. The molecule has 128 valence electrons. The van der Waals surface area contributed by atoms with Gasteiger partial charge in [0.05, 0.1) is 16.8 Å². The molecule has 5 rings (SSSR count). The first-order chi connectivity index (χ1) is 12.7. The number of fused-ring (bicyclic) bond motifs is 1. The van der Waals surface area contributed by atoms with Crippen LogP contribution in [0.3, 0.4) is 0 Å². The summed E-state index contributed by atoms with van der Waals surface area (Å²) in [4.78, 5) is 14.9. The number of aromatic nitrogens is 3. The predicted octanol–water partition coefficient (Wildman–Crippen LogP) is 5.93. The van der Waals surface area contributed by atoms with E-state index in [0.29, 0.717) is 11.3 Å². The zero-order valence-electron chi connectivity index (χ0n) is 13.7. The Morgan fingerprint density at radius 3 is 2.35 bits per heavy atom. The highest BCUT2D eigenvalue weighted by Crippen LogP contribution is 2.41. The molecule has 4 nitrogen and oxygen atoms in total. The fraction of sp³-hybridized carbons (Fsp3) is 0.0526. The lowest BCUT2D eigenvalue weighted by molar-refractivity contribution is 0.444. The Morgan fingerprint density at radius 1 is 0.923 bits per heavy atom. The molecule has 1 N–H and O–H groups in total. The molecule has 26 heavy (non-hydrogen) atoms. The molecule has 0 fully saturated rings. The van der Waals surface area contributed by atoms with Crippen LogP contribution >= 0.6 is 34.0 Å². The summed E-state index contributed by atoms with van der Waals surface area (Å²) < 4.78 is 1.68. The number of rotatable bonds is 3. The number of nitrogens with zero attached hydrogens (tertiary/aromatic N) is 3. The van der Waals surface area contributed by atoms with Gasteiger partial charge in [-0.3, -0.25) is 4.40 Å². The predicted molar refractivity (Wildman–Crippen MR) is 109 cm³/mol. The molecule has 0 amide bonds. The summed E-state index contributed by atoms with van der Waals surface area (Å²) in [5.41, 5.74) is 2.09. The van der Waals surface area contributed by atoms with Crippen LogP contribution in [0.2, 0.25) is 0 Å². The van der Waals surface area contributed by atoms with Crippen LogP contribution in [0.5, 0.6) is 5.88 Å². The quantitative estimate of drug-likeness (QED) is 0.412. The topological polar surface area (TPSA) is 50.4 Å². The molecule has 5 heterocycles. The van der Waals surface area contributed by atoms with Crippen molar-refractivity contribution in [3.63, 3.8) is 0 Å². The smallest absolute Gasteiger partial charge is 0.219 e. The maximum absolute atomic E-state index is 10.1. The molecule has 0 aliphatic rings. The molecule has 0 bridgehead atoms. The molecule has 0 aliphatic carbocycles. The number of aromatic hydroxyl groups is 1. The van der Waals surface area contributed by atoms with Crippen molar-refractivity contribution in [1.29, 1.82) is 0 Å². The van der Waals surface area contributed by atoms with E-state index in [2.05, 4.69) is 51.7 Å². The van der Waals surface area contributed by atoms with Gasteiger partial charge in [-0.25, -0.2) is 9.97 Å². The molecule has 0 unspecified atom stereocenters. The Kier molecular flexibility index (Phi) is 3.66. The van der Waals surface area contributed by atoms with Gasteiger partial charge in [0.15, 0.2) is 5.65 Å². The Hall–Kier alpha value is -2.48. The molecular weight excluding hydrogens is 382 g/mol. The van der Waals surface area contributed by atoms with Gasteiger partial charge in [-0.1, -0.05) is 6.07 Å². The molecule has 0 aromatic carbocycles. The van der Waals surface area contributed by atoms with Gasteiger partial charge in [0.1, 0.15) is 5.69 Å². The largest absolute Gasteiger partial charge is 0.493 e. The molecule has 0 saturated heterocycles. The van der Waals surface area contributed by atoms with Crippen molar-refractivity contribution in [2.24, 2.45) is 0 Å². The van der Waals surface area contributed by atoms with Crippen LogP contribution in [0.25, 0.3) is 35.7 Å². The summed E-state index contributed by atoms with van der Waals surface area (Å²) in [5.74, 6) is 0.166. The van der Waals surface area contributed by atoms with Gasteiger partial charge in [0.25, 0.3) is 0 Å². The summed E-state index contributed by atoms with van der Waals surface area (Å²) in [7, 11) is 0. The fourth-order valence-electron chi connectivity index (χ4n) is 2.82. The van der Waals surface area contributed by atoms with Crippen LogP contribution in [0.15, 0.2) is 54.2 Å². The number of hydrogen-bond acceptors (Lipinski definition) is 6. The number of aryl methyl sites for hydroxylation is 1. The SMILES string of the molecule is Cc1nc2cnc(-c3ccc(-c4ccc(-c5cccs5)s4)s3)cn2c1O. The second-order valence-corrected chi connectivity index (χ2v) is 8.94. The maximum atomic E-state index is 10.1. The fourth-order valence-corrected chi connectivity index (χ4v) is 5.71. The lowest BCUT2D eigenvalue weighted by atomic mass is 10.3. The number of imidazole rings is 1. The van der Waals surface area contributed by atoms with Gasteiger partial charge in [0.2, 0.25) is 5.88 Å². The van der Waals surface area contributed by atoms with E-state index in [0.717, 1.165) is 10.6 Å². The van der Waals surface area contributed by atoms with Gasteiger partial charge in [-0.2, -0.15) is 0 Å². The van der Waals surface area contributed by atoms with E-state index < -0.39 is 0 Å². The van der Waals surface area contributed by atoms with Crippen LogP contribution in [-0.2, 0) is 0 Å². The molecule has 0 saturated carbocycles. The zero-order chi connectivity index (χ0) is 17.7. The van der Waals surface area contributed by atoms with Crippen LogP contribution in [0.4, 0.5) is 0 Å². The zero-order valence-corrected chi connectivity index (χ0v) is 16.2. The standard InChI is InChI=1S/C19H13N3OS3/c1-11-19(23)22-10-12(20-9-18(22)21-11)13-4-5-16(25-13)17-7-6-15(26-17)14-3-2-8-24-14/h2-10,23H,1H3. The Labute approximate surface area is 161 Å². The van der Waals surface area contributed by atoms with Gasteiger partial charge < -0.3 is 5.11 Å². The molecule has 5 aromatic rings. The lowest BCUT2D eigenvalue weighted by Crippen LogP contribution is -1.88. The minimum absolute atomic E-state index is 0.166. The first-order valence-corrected chi connectivity index (χ1v) is 10.5. The Balaban J connectivity index is 1.51. The van der Waals surface area contributed by atoms with E-state index in [1.807, 2.05) is 6.20 Å². The van der Waals surface area contributed by atoms with E-state index in [4.69, 9.17) is 0 Å². The van der Waals surface area contributed by atoms with Crippen LogP contribution in [0.1, 0.15) is 5.69 Å². The van der Waals surface area contributed by atoms with E-state index in [1.165, 1.54) is 19.5 Å². The monoisotopic (exact) mass is 395 g/mol. The second-order valence-electron chi connectivity index (χ2n) is 5.83. The third-order valence-corrected chi connectivity index (χ3v) is 7.58. The summed E-state index contributed by atoms with van der Waals surface area (Å²) >= 11 is 5.28. The van der Waals surface area contributed by atoms with E-state index in [1.54, 1.807) is 51.5 Å². The third kappa shape index (κ3) is 2.56. The highest BCUT2D eigenvalue weighted by atomic mass is 32.1. The third-order valence-electron chi connectivity index (χ3n) is 4.12. The molecule has 7 heteroatoms. The molecule has 0 aliphatic heterocycles. The summed E-state index contributed by atoms with van der Waals surface area (Å²) in [6.07, 6.45) is 3.53. The lowest BCUT2D eigenvalue weighted by Gasteiger charge is -1.99. The Morgan fingerprint density at radius 2 is 1.62 bits per heavy atom. The van der Waals surface area contributed by atoms with Gasteiger partial charge >= 0.3 is 0 Å². The minimum Gasteiger partial charge on any atom is -0.493 e. The summed E-state index contributed by atoms with van der Waals surface area (Å²) in [6, 6.07) is 12.8. The molecule has 0 radical (unpaired) electrons. The van der Waals surface area contributed by atoms with Gasteiger partial charge in [0, 0.05) is 25.7 Å². The molecule has 5 aromatic heterocycles. The van der Waals surface area contributed by atoms with Crippen molar-refractivity contribution in [3.05, 3.63) is 59.9 Å². The highest BCUT2D eigenvalue weighted by molar-refractivity contribution is 7.27. The summed E-state index contributed by atoms with van der Waals surface area (Å²) in [6.45, 7) is 1.78. The van der Waals surface area contributed by atoms with Gasteiger partial charge in [-0.05, 0) is 42.6 Å². The molecular formula is C19H13N3OS3. The minimum atomic E-state index is 0.166. The average molecular weight is 396 g/mol. The van der Waals surface area contributed by atoms with Crippen molar-refractivity contribution < 1.29 is 5.11 Å². The highest BCUT2D eigenvalue weighted by Gasteiger charge is 2.12. The van der Waals surface area contributed by atoms with E-state index >= 15 is 0 Å². The molecule has 0 spiro atoms. The van der Waals surface area contributed by atoms with Crippen LogP contribution in [0, 0.1) is 6.92 Å².